The lowest BCUT2D eigenvalue weighted by Crippen LogP contribution is -2.26. The number of hydrogen-bond acceptors (Lipinski definition) is 5. The topological polar surface area (TPSA) is 68.3 Å². The van der Waals surface area contributed by atoms with E-state index in [0.717, 1.165) is 16.1 Å². The zero-order chi connectivity index (χ0) is 15.5. The van der Waals surface area contributed by atoms with Crippen molar-refractivity contribution in [2.75, 3.05) is 13.7 Å². The lowest BCUT2D eigenvalue weighted by molar-refractivity contribution is 0.411. The molecule has 0 unspecified atom stereocenters. The average Bonchev–Trinajstić information content (AvgIpc) is 2.84. The third-order valence-electron chi connectivity index (χ3n) is 3.17. The van der Waals surface area contributed by atoms with Gasteiger partial charge in [0.15, 0.2) is 0 Å². The van der Waals surface area contributed by atoms with E-state index >= 15 is 0 Å². The molecule has 0 amide bonds. The Morgan fingerprint density at radius 1 is 1.33 bits per heavy atom. The highest BCUT2D eigenvalue weighted by molar-refractivity contribution is 7.89. The summed E-state index contributed by atoms with van der Waals surface area (Å²) in [5.41, 5.74) is 3.52. The van der Waals surface area contributed by atoms with Gasteiger partial charge in [0.25, 0.3) is 0 Å². The number of methoxy groups -OCH3 is 1. The van der Waals surface area contributed by atoms with Crippen molar-refractivity contribution in [2.24, 2.45) is 0 Å². The van der Waals surface area contributed by atoms with E-state index in [1.165, 1.54) is 0 Å². The van der Waals surface area contributed by atoms with E-state index < -0.39 is 10.0 Å². The fourth-order valence-corrected chi connectivity index (χ4v) is 3.86. The Morgan fingerprint density at radius 2 is 2.10 bits per heavy atom. The van der Waals surface area contributed by atoms with Crippen LogP contribution in [0.15, 0.2) is 28.6 Å². The van der Waals surface area contributed by atoms with Crippen LogP contribution in [0.4, 0.5) is 0 Å². The largest absolute Gasteiger partial charge is 0.496 e. The monoisotopic (exact) mass is 326 g/mol. The number of nitrogens with one attached hydrogen (secondary N) is 1. The van der Waals surface area contributed by atoms with Crippen molar-refractivity contribution >= 4 is 21.4 Å². The number of nitrogens with zero attached hydrogens (tertiary/aromatic N) is 1. The molecule has 7 heteroatoms. The minimum absolute atomic E-state index is 0.252. The van der Waals surface area contributed by atoms with Gasteiger partial charge in [-0.25, -0.2) is 18.1 Å². The van der Waals surface area contributed by atoms with Crippen LogP contribution in [0.3, 0.4) is 0 Å². The standard InChI is InChI=1S/C14H18N2O3S2/c1-10-8-12(4-5-13(10)19-3)21(17,18)16-7-6-14-11(2)15-9-20-14/h4-5,8-9,16H,6-7H2,1-3H3. The third-order valence-corrected chi connectivity index (χ3v) is 5.62. The molecule has 0 radical (unpaired) electrons. The molecule has 1 aromatic heterocycles. The van der Waals surface area contributed by atoms with Crippen LogP contribution in [0.5, 0.6) is 5.75 Å². The molecule has 0 saturated carbocycles. The first kappa shape index (κ1) is 15.9. The van der Waals surface area contributed by atoms with Gasteiger partial charge in [0.1, 0.15) is 5.75 Å². The van der Waals surface area contributed by atoms with Gasteiger partial charge in [-0.1, -0.05) is 0 Å². The average molecular weight is 326 g/mol. The number of aryl methyl sites for hydroxylation is 2. The van der Waals surface area contributed by atoms with Crippen LogP contribution >= 0.6 is 11.3 Å². The highest BCUT2D eigenvalue weighted by atomic mass is 32.2. The molecule has 0 aliphatic rings. The second-order valence-electron chi connectivity index (χ2n) is 4.64. The predicted molar refractivity (Wildman–Crippen MR) is 83.5 cm³/mol. The van der Waals surface area contributed by atoms with E-state index in [9.17, 15) is 8.42 Å². The number of aromatic nitrogens is 1. The number of rotatable bonds is 6. The Balaban J connectivity index is 2.05. The predicted octanol–water partition coefficient (Wildman–Crippen LogP) is 2.29. The molecule has 1 aromatic carbocycles. The molecule has 2 rings (SSSR count). The van der Waals surface area contributed by atoms with E-state index in [1.807, 2.05) is 13.8 Å². The smallest absolute Gasteiger partial charge is 0.240 e. The molecule has 21 heavy (non-hydrogen) atoms. The van der Waals surface area contributed by atoms with E-state index in [-0.39, 0.29) is 4.90 Å². The highest BCUT2D eigenvalue weighted by Gasteiger charge is 2.15. The molecule has 2 aromatic rings. The summed E-state index contributed by atoms with van der Waals surface area (Å²) < 4.78 is 32.2. The van der Waals surface area contributed by atoms with Gasteiger partial charge in [0.2, 0.25) is 10.0 Å². The molecule has 0 aliphatic heterocycles. The van der Waals surface area contributed by atoms with Gasteiger partial charge in [0, 0.05) is 11.4 Å². The normalized spacial score (nSPS) is 11.6. The summed E-state index contributed by atoms with van der Waals surface area (Å²) in [6, 6.07) is 4.82. The highest BCUT2D eigenvalue weighted by Crippen LogP contribution is 2.21. The Kier molecular flexibility index (Phi) is 4.97. The first-order valence-corrected chi connectivity index (χ1v) is 8.83. The molecule has 5 nitrogen and oxygen atoms in total. The van der Waals surface area contributed by atoms with Crippen LogP contribution in [-0.4, -0.2) is 27.1 Å². The zero-order valence-corrected chi connectivity index (χ0v) is 13.8. The van der Waals surface area contributed by atoms with Crippen LogP contribution in [0.1, 0.15) is 16.1 Å². The lowest BCUT2D eigenvalue weighted by atomic mass is 10.2. The molecule has 1 heterocycles. The van der Waals surface area contributed by atoms with E-state index in [2.05, 4.69) is 9.71 Å². The Hall–Kier alpha value is -1.44. The van der Waals surface area contributed by atoms with E-state index in [0.29, 0.717) is 18.7 Å². The number of thiazole rings is 1. The van der Waals surface area contributed by atoms with Crippen molar-refractivity contribution in [3.63, 3.8) is 0 Å². The number of hydrogen-bond donors (Lipinski definition) is 1. The van der Waals surface area contributed by atoms with Gasteiger partial charge < -0.3 is 4.74 Å². The Bertz CT molecular complexity index is 724. The molecular weight excluding hydrogens is 308 g/mol. The second-order valence-corrected chi connectivity index (χ2v) is 7.35. The first-order chi connectivity index (χ1) is 9.94. The summed E-state index contributed by atoms with van der Waals surface area (Å²) in [5, 5.41) is 0. The fraction of sp³-hybridized carbons (Fsp3) is 0.357. The summed E-state index contributed by atoms with van der Waals surface area (Å²) in [6.45, 7) is 4.10. The first-order valence-electron chi connectivity index (χ1n) is 6.47. The maximum absolute atomic E-state index is 12.2. The fourth-order valence-electron chi connectivity index (χ4n) is 1.97. The summed E-state index contributed by atoms with van der Waals surface area (Å²) in [5.74, 6) is 0.675. The molecular formula is C14H18N2O3S2. The van der Waals surface area contributed by atoms with Crippen LogP contribution in [0, 0.1) is 13.8 Å². The van der Waals surface area contributed by atoms with Crippen molar-refractivity contribution in [2.45, 2.75) is 25.2 Å². The number of benzene rings is 1. The Labute approximate surface area is 129 Å². The lowest BCUT2D eigenvalue weighted by Gasteiger charge is -2.09. The minimum Gasteiger partial charge on any atom is -0.496 e. The molecule has 114 valence electrons. The van der Waals surface area contributed by atoms with Gasteiger partial charge >= 0.3 is 0 Å². The maximum atomic E-state index is 12.2. The van der Waals surface area contributed by atoms with Crippen molar-refractivity contribution in [3.05, 3.63) is 39.8 Å². The van der Waals surface area contributed by atoms with Gasteiger partial charge in [-0.05, 0) is 44.0 Å². The van der Waals surface area contributed by atoms with Crippen LogP contribution in [0.2, 0.25) is 0 Å². The van der Waals surface area contributed by atoms with Crippen LogP contribution in [0.25, 0.3) is 0 Å². The van der Waals surface area contributed by atoms with Crippen molar-refractivity contribution in [3.8, 4) is 5.75 Å². The van der Waals surface area contributed by atoms with Crippen LogP contribution in [-0.2, 0) is 16.4 Å². The molecule has 1 N–H and O–H groups in total. The molecule has 0 aliphatic carbocycles. The SMILES string of the molecule is COc1ccc(S(=O)(=O)NCCc2scnc2C)cc1C. The minimum atomic E-state index is -3.50. The van der Waals surface area contributed by atoms with Crippen LogP contribution < -0.4 is 9.46 Å². The molecule has 0 spiro atoms. The number of ether oxygens (including phenoxy) is 1. The van der Waals surface area contributed by atoms with Gasteiger partial charge in [-0.15, -0.1) is 11.3 Å². The van der Waals surface area contributed by atoms with E-state index in [4.69, 9.17) is 4.74 Å². The van der Waals surface area contributed by atoms with Gasteiger partial charge in [-0.3, -0.25) is 0 Å². The van der Waals surface area contributed by atoms with E-state index in [1.54, 1.807) is 42.2 Å². The number of sulfonamides is 1. The van der Waals surface area contributed by atoms with Gasteiger partial charge in [-0.2, -0.15) is 0 Å². The van der Waals surface area contributed by atoms with Crippen molar-refractivity contribution < 1.29 is 13.2 Å². The summed E-state index contributed by atoms with van der Waals surface area (Å²) in [7, 11) is -1.93. The summed E-state index contributed by atoms with van der Waals surface area (Å²) in [4.78, 5) is 5.50. The summed E-state index contributed by atoms with van der Waals surface area (Å²) in [6.07, 6.45) is 0.644. The molecule has 0 saturated heterocycles. The van der Waals surface area contributed by atoms with Crippen molar-refractivity contribution in [1.82, 2.24) is 9.71 Å². The van der Waals surface area contributed by atoms with Gasteiger partial charge in [0.05, 0.1) is 23.2 Å². The maximum Gasteiger partial charge on any atom is 0.240 e. The third kappa shape index (κ3) is 3.81. The quantitative estimate of drug-likeness (QED) is 0.884. The second kappa shape index (κ2) is 6.55. The Morgan fingerprint density at radius 3 is 2.67 bits per heavy atom. The molecule has 0 fully saturated rings. The molecule has 0 bridgehead atoms. The zero-order valence-electron chi connectivity index (χ0n) is 12.2. The van der Waals surface area contributed by atoms with Crippen molar-refractivity contribution in [1.29, 1.82) is 0 Å². The molecule has 0 atom stereocenters. The summed E-state index contributed by atoms with van der Waals surface area (Å²) >= 11 is 1.54.